The maximum atomic E-state index is 9.36. The van der Waals surface area contributed by atoms with Gasteiger partial charge in [0.15, 0.2) is 5.82 Å². The zero-order valence-electron chi connectivity index (χ0n) is 10.5. The van der Waals surface area contributed by atoms with Gasteiger partial charge in [0.2, 0.25) is 0 Å². The Morgan fingerprint density at radius 3 is 2.56 bits per heavy atom. The standard InChI is InChI=1S/C11H18ClN3O3/c1-3-11(6-16,7-17)15-9-4-8(12)13-10(14-9)5-18-2/h4,16-17H,3,5-7H2,1-2H3,(H,13,14,15). The molecule has 0 amide bonds. The molecular weight excluding hydrogens is 258 g/mol. The fourth-order valence-corrected chi connectivity index (χ4v) is 1.64. The summed E-state index contributed by atoms with van der Waals surface area (Å²) in [6, 6.07) is 1.54. The Kier molecular flexibility index (Phi) is 5.74. The molecule has 18 heavy (non-hydrogen) atoms. The number of halogens is 1. The second-order valence-corrected chi connectivity index (χ2v) is 4.39. The second-order valence-electron chi connectivity index (χ2n) is 4.00. The third kappa shape index (κ3) is 3.78. The van der Waals surface area contributed by atoms with Crippen LogP contribution in [0.15, 0.2) is 6.07 Å². The maximum absolute atomic E-state index is 9.36. The van der Waals surface area contributed by atoms with Crippen LogP contribution in [0, 0.1) is 0 Å². The summed E-state index contributed by atoms with van der Waals surface area (Å²) in [5.74, 6) is 0.889. The summed E-state index contributed by atoms with van der Waals surface area (Å²) in [6.07, 6.45) is 0.543. The molecule has 0 saturated carbocycles. The van der Waals surface area contributed by atoms with Crippen molar-refractivity contribution in [2.45, 2.75) is 25.5 Å². The van der Waals surface area contributed by atoms with Crippen molar-refractivity contribution in [1.29, 1.82) is 0 Å². The lowest BCUT2D eigenvalue weighted by Crippen LogP contribution is -2.45. The van der Waals surface area contributed by atoms with Gasteiger partial charge in [-0.1, -0.05) is 18.5 Å². The van der Waals surface area contributed by atoms with Gasteiger partial charge < -0.3 is 20.3 Å². The first kappa shape index (κ1) is 15.1. The lowest BCUT2D eigenvalue weighted by atomic mass is 9.98. The summed E-state index contributed by atoms with van der Waals surface area (Å²) in [5, 5.41) is 22.0. The van der Waals surface area contributed by atoms with Gasteiger partial charge in [0.05, 0.1) is 18.8 Å². The number of ether oxygens (including phenoxy) is 1. The summed E-state index contributed by atoms with van der Waals surface area (Å²) >= 11 is 5.87. The van der Waals surface area contributed by atoms with E-state index < -0.39 is 5.54 Å². The number of hydrogen-bond acceptors (Lipinski definition) is 6. The van der Waals surface area contributed by atoms with Crippen molar-refractivity contribution in [2.24, 2.45) is 0 Å². The molecule has 102 valence electrons. The number of methoxy groups -OCH3 is 1. The Morgan fingerprint density at radius 1 is 1.39 bits per heavy atom. The minimum absolute atomic E-state index is 0.207. The first-order valence-corrected chi connectivity index (χ1v) is 5.99. The molecular formula is C11H18ClN3O3. The topological polar surface area (TPSA) is 87.5 Å². The molecule has 0 saturated heterocycles. The smallest absolute Gasteiger partial charge is 0.158 e. The van der Waals surface area contributed by atoms with Gasteiger partial charge in [0.1, 0.15) is 17.6 Å². The Bertz CT molecular complexity index is 378. The highest BCUT2D eigenvalue weighted by molar-refractivity contribution is 6.29. The molecule has 0 unspecified atom stereocenters. The van der Waals surface area contributed by atoms with E-state index >= 15 is 0 Å². The van der Waals surface area contributed by atoms with Crippen LogP contribution in [0.25, 0.3) is 0 Å². The van der Waals surface area contributed by atoms with E-state index in [2.05, 4.69) is 15.3 Å². The van der Waals surface area contributed by atoms with Crippen molar-refractivity contribution in [3.8, 4) is 0 Å². The molecule has 0 aromatic carbocycles. The largest absolute Gasteiger partial charge is 0.394 e. The molecule has 0 aliphatic rings. The summed E-state index contributed by atoms with van der Waals surface area (Å²) in [4.78, 5) is 8.19. The number of nitrogens with zero attached hydrogens (tertiary/aromatic N) is 2. The molecule has 0 bridgehead atoms. The van der Waals surface area contributed by atoms with Crippen LogP contribution >= 0.6 is 11.6 Å². The summed E-state index contributed by atoms with van der Waals surface area (Å²) in [6.45, 7) is 1.69. The van der Waals surface area contributed by atoms with Gasteiger partial charge in [-0.25, -0.2) is 9.97 Å². The minimum Gasteiger partial charge on any atom is -0.394 e. The number of aromatic nitrogens is 2. The maximum Gasteiger partial charge on any atom is 0.158 e. The minimum atomic E-state index is -0.817. The van der Waals surface area contributed by atoms with Gasteiger partial charge in [-0.3, -0.25) is 0 Å². The average Bonchev–Trinajstić information content (AvgIpc) is 2.36. The molecule has 1 heterocycles. The fourth-order valence-electron chi connectivity index (χ4n) is 1.44. The highest BCUT2D eigenvalue weighted by atomic mass is 35.5. The fraction of sp³-hybridized carbons (Fsp3) is 0.636. The van der Waals surface area contributed by atoms with Crippen LogP contribution in [0.1, 0.15) is 19.2 Å². The summed E-state index contributed by atoms with van der Waals surface area (Å²) in [7, 11) is 1.54. The lowest BCUT2D eigenvalue weighted by Gasteiger charge is -2.30. The van der Waals surface area contributed by atoms with Crippen molar-refractivity contribution in [2.75, 3.05) is 25.6 Å². The van der Waals surface area contributed by atoms with E-state index in [-0.39, 0.29) is 25.0 Å². The molecule has 7 heteroatoms. The Balaban J connectivity index is 2.95. The molecule has 0 aliphatic heterocycles. The average molecular weight is 276 g/mol. The molecule has 6 nitrogen and oxygen atoms in total. The lowest BCUT2D eigenvalue weighted by molar-refractivity contribution is 0.132. The number of anilines is 1. The number of nitrogens with one attached hydrogen (secondary N) is 1. The van der Waals surface area contributed by atoms with Gasteiger partial charge in [-0.05, 0) is 6.42 Å². The van der Waals surface area contributed by atoms with E-state index in [1.807, 2.05) is 6.92 Å². The van der Waals surface area contributed by atoms with Crippen LogP contribution in [-0.4, -0.2) is 46.0 Å². The molecule has 0 spiro atoms. The summed E-state index contributed by atoms with van der Waals surface area (Å²) < 4.78 is 4.94. The molecule has 1 rings (SSSR count). The van der Waals surface area contributed by atoms with E-state index in [1.165, 1.54) is 13.2 Å². The third-order valence-corrected chi connectivity index (χ3v) is 2.88. The molecule has 0 aliphatic carbocycles. The normalized spacial score (nSPS) is 11.6. The molecule has 0 fully saturated rings. The van der Waals surface area contributed by atoms with E-state index in [0.29, 0.717) is 18.1 Å². The van der Waals surface area contributed by atoms with Crippen molar-refractivity contribution in [1.82, 2.24) is 9.97 Å². The predicted octanol–water partition coefficient (Wildman–Crippen LogP) is 0.822. The van der Waals surface area contributed by atoms with Gasteiger partial charge in [-0.15, -0.1) is 0 Å². The Morgan fingerprint density at radius 2 is 2.06 bits per heavy atom. The number of aliphatic hydroxyl groups excluding tert-OH is 2. The molecule has 1 aromatic heterocycles. The van der Waals surface area contributed by atoms with Crippen molar-refractivity contribution < 1.29 is 14.9 Å². The van der Waals surface area contributed by atoms with Crippen LogP contribution in [-0.2, 0) is 11.3 Å². The Labute approximate surface area is 111 Å². The zero-order valence-corrected chi connectivity index (χ0v) is 11.2. The van der Waals surface area contributed by atoms with Crippen molar-refractivity contribution in [3.05, 3.63) is 17.0 Å². The zero-order chi connectivity index (χ0) is 13.6. The number of rotatable bonds is 7. The van der Waals surface area contributed by atoms with Crippen molar-refractivity contribution in [3.63, 3.8) is 0 Å². The first-order chi connectivity index (χ1) is 8.59. The summed E-state index contributed by atoms with van der Waals surface area (Å²) in [5.41, 5.74) is -0.817. The number of aliphatic hydroxyl groups is 2. The van der Waals surface area contributed by atoms with Gasteiger partial charge in [-0.2, -0.15) is 0 Å². The van der Waals surface area contributed by atoms with Crippen LogP contribution in [0.4, 0.5) is 5.82 Å². The quantitative estimate of drug-likeness (QED) is 0.639. The van der Waals surface area contributed by atoms with Gasteiger partial charge in [0, 0.05) is 13.2 Å². The molecule has 0 atom stereocenters. The highest BCUT2D eigenvalue weighted by Gasteiger charge is 2.27. The Hall–Kier alpha value is -0.950. The SMILES string of the molecule is CCC(CO)(CO)Nc1cc(Cl)nc(COC)n1. The van der Waals surface area contributed by atoms with Gasteiger partial charge >= 0.3 is 0 Å². The molecule has 1 aromatic rings. The number of hydrogen-bond donors (Lipinski definition) is 3. The molecule has 0 radical (unpaired) electrons. The van der Waals surface area contributed by atoms with Crippen molar-refractivity contribution >= 4 is 17.4 Å². The van der Waals surface area contributed by atoms with Crippen LogP contribution in [0.3, 0.4) is 0 Å². The van der Waals surface area contributed by atoms with E-state index in [0.717, 1.165) is 0 Å². The highest BCUT2D eigenvalue weighted by Crippen LogP contribution is 2.19. The monoisotopic (exact) mass is 275 g/mol. The van der Waals surface area contributed by atoms with Crippen LogP contribution in [0.2, 0.25) is 5.15 Å². The second kappa shape index (κ2) is 6.84. The molecule has 3 N–H and O–H groups in total. The third-order valence-electron chi connectivity index (χ3n) is 2.69. The van der Waals surface area contributed by atoms with E-state index in [4.69, 9.17) is 16.3 Å². The van der Waals surface area contributed by atoms with Crippen LogP contribution in [0.5, 0.6) is 0 Å². The van der Waals surface area contributed by atoms with E-state index in [1.54, 1.807) is 0 Å². The van der Waals surface area contributed by atoms with Crippen LogP contribution < -0.4 is 5.32 Å². The predicted molar refractivity (Wildman–Crippen MR) is 68.6 cm³/mol. The van der Waals surface area contributed by atoms with E-state index in [9.17, 15) is 10.2 Å². The first-order valence-electron chi connectivity index (χ1n) is 5.61. The van der Waals surface area contributed by atoms with Gasteiger partial charge in [0.25, 0.3) is 0 Å².